The molecule has 2 atom stereocenters. The molecule has 0 radical (unpaired) electrons. The lowest BCUT2D eigenvalue weighted by Gasteiger charge is -2.19. The first-order valence-electron chi connectivity index (χ1n) is 7.20. The number of allylic oxidation sites excluding steroid dienone is 2. The number of carbonyl (C=O) groups is 2. The smallest absolute Gasteiger partial charge is 0.219 e. The lowest BCUT2D eigenvalue weighted by atomic mass is 9.83. The quantitative estimate of drug-likeness (QED) is 0.401. The first-order chi connectivity index (χ1) is 11.0. The SMILES string of the molecule is COC1=CC(=O)C2(OC2C)C(=O)/C1=C(O)/C=C/c1ccccc1. The second kappa shape index (κ2) is 5.52. The number of aliphatic hydroxyl groups excluding tert-OH is 1. The van der Waals surface area contributed by atoms with Crippen LogP contribution in [0.25, 0.3) is 6.08 Å². The summed E-state index contributed by atoms with van der Waals surface area (Å²) in [6.45, 7) is 1.65. The molecule has 1 aromatic carbocycles. The van der Waals surface area contributed by atoms with Crippen molar-refractivity contribution >= 4 is 17.6 Å². The summed E-state index contributed by atoms with van der Waals surface area (Å²) < 4.78 is 10.3. The Kier molecular flexibility index (Phi) is 3.66. The number of hydrogen-bond acceptors (Lipinski definition) is 5. The van der Waals surface area contributed by atoms with Crippen molar-refractivity contribution in [2.24, 2.45) is 0 Å². The zero-order valence-electron chi connectivity index (χ0n) is 12.8. The maximum atomic E-state index is 12.6. The average Bonchev–Trinajstić information content (AvgIpc) is 3.24. The summed E-state index contributed by atoms with van der Waals surface area (Å²) in [6.07, 6.45) is 3.78. The number of hydrogen-bond donors (Lipinski definition) is 1. The number of epoxide rings is 1. The van der Waals surface area contributed by atoms with E-state index in [1.165, 1.54) is 19.3 Å². The molecule has 1 aliphatic carbocycles. The molecule has 23 heavy (non-hydrogen) atoms. The minimum absolute atomic E-state index is 0.0383. The van der Waals surface area contributed by atoms with Gasteiger partial charge in [0.2, 0.25) is 17.2 Å². The fraction of sp³-hybridized carbons (Fsp3) is 0.222. The molecule has 0 saturated carbocycles. The number of benzene rings is 1. The van der Waals surface area contributed by atoms with Crippen LogP contribution in [0.1, 0.15) is 12.5 Å². The van der Waals surface area contributed by atoms with E-state index in [0.29, 0.717) is 0 Å². The third-order valence-corrected chi connectivity index (χ3v) is 4.03. The van der Waals surface area contributed by atoms with E-state index in [4.69, 9.17) is 9.47 Å². The Morgan fingerprint density at radius 1 is 1.30 bits per heavy atom. The van der Waals surface area contributed by atoms with Gasteiger partial charge >= 0.3 is 0 Å². The van der Waals surface area contributed by atoms with E-state index < -0.39 is 23.3 Å². The number of ketones is 2. The van der Waals surface area contributed by atoms with Crippen molar-refractivity contribution in [3.05, 3.63) is 65.1 Å². The first kappa shape index (κ1) is 15.2. The highest BCUT2D eigenvalue weighted by Crippen LogP contribution is 2.45. The lowest BCUT2D eigenvalue weighted by molar-refractivity contribution is -0.130. The van der Waals surface area contributed by atoms with Crippen LogP contribution in [-0.4, -0.2) is 35.5 Å². The fourth-order valence-electron chi connectivity index (χ4n) is 2.68. The predicted molar refractivity (Wildman–Crippen MR) is 83.5 cm³/mol. The van der Waals surface area contributed by atoms with Crippen molar-refractivity contribution < 1.29 is 24.2 Å². The van der Waals surface area contributed by atoms with Gasteiger partial charge in [0, 0.05) is 6.08 Å². The van der Waals surface area contributed by atoms with Gasteiger partial charge in [0.15, 0.2) is 0 Å². The Hall–Kier alpha value is -2.66. The zero-order valence-corrected chi connectivity index (χ0v) is 12.8. The van der Waals surface area contributed by atoms with Gasteiger partial charge in [-0.15, -0.1) is 0 Å². The van der Waals surface area contributed by atoms with Gasteiger partial charge in [-0.2, -0.15) is 0 Å². The predicted octanol–water partition coefficient (Wildman–Crippen LogP) is 2.35. The van der Waals surface area contributed by atoms with Crippen molar-refractivity contribution in [3.8, 4) is 0 Å². The topological polar surface area (TPSA) is 76.1 Å². The molecule has 1 aromatic rings. The molecule has 1 spiro atoms. The molecule has 0 amide bonds. The number of methoxy groups -OCH3 is 1. The van der Waals surface area contributed by atoms with Gasteiger partial charge in [0.05, 0.1) is 7.11 Å². The summed E-state index contributed by atoms with van der Waals surface area (Å²) in [5, 5.41) is 10.3. The van der Waals surface area contributed by atoms with E-state index in [-0.39, 0.29) is 17.1 Å². The number of rotatable bonds is 3. The van der Waals surface area contributed by atoms with Crippen LogP contribution in [0.5, 0.6) is 0 Å². The van der Waals surface area contributed by atoms with Crippen molar-refractivity contribution in [1.29, 1.82) is 0 Å². The molecule has 2 unspecified atom stereocenters. The maximum absolute atomic E-state index is 12.6. The second-order valence-corrected chi connectivity index (χ2v) is 5.41. The Labute approximate surface area is 133 Å². The van der Waals surface area contributed by atoms with Crippen LogP contribution in [0.15, 0.2) is 59.6 Å². The van der Waals surface area contributed by atoms with Gasteiger partial charge in [-0.05, 0) is 18.6 Å². The van der Waals surface area contributed by atoms with Crippen LogP contribution in [0.4, 0.5) is 0 Å². The standard InChI is InChI=1S/C18H16O5/c1-11-18(23-11)15(20)10-14(22-2)16(17(18)21)13(19)9-8-12-6-4-3-5-7-12/h3-11,19H,1-2H3/b9-8+,16-13-. The monoisotopic (exact) mass is 312 g/mol. The highest BCUT2D eigenvalue weighted by molar-refractivity contribution is 6.27. The third-order valence-electron chi connectivity index (χ3n) is 4.03. The summed E-state index contributed by atoms with van der Waals surface area (Å²) >= 11 is 0. The normalized spacial score (nSPS) is 29.0. The number of ether oxygens (including phenoxy) is 2. The molecule has 118 valence electrons. The van der Waals surface area contributed by atoms with Crippen molar-refractivity contribution in [2.75, 3.05) is 7.11 Å². The number of carbonyl (C=O) groups excluding carboxylic acids is 2. The van der Waals surface area contributed by atoms with Gasteiger partial charge in [-0.25, -0.2) is 0 Å². The summed E-state index contributed by atoms with van der Waals surface area (Å²) in [5.74, 6) is -1.23. The molecule has 1 fully saturated rings. The van der Waals surface area contributed by atoms with Crippen LogP contribution >= 0.6 is 0 Å². The van der Waals surface area contributed by atoms with E-state index in [1.54, 1.807) is 13.0 Å². The minimum atomic E-state index is -1.49. The molecule has 0 aromatic heterocycles. The molecule has 3 rings (SSSR count). The van der Waals surface area contributed by atoms with E-state index in [9.17, 15) is 14.7 Å². The molecule has 1 heterocycles. The van der Waals surface area contributed by atoms with Gasteiger partial charge in [-0.1, -0.05) is 36.4 Å². The van der Waals surface area contributed by atoms with E-state index in [2.05, 4.69) is 0 Å². The summed E-state index contributed by atoms with van der Waals surface area (Å²) in [5.41, 5.74) is -0.664. The summed E-state index contributed by atoms with van der Waals surface area (Å²) in [4.78, 5) is 24.7. The van der Waals surface area contributed by atoms with Crippen LogP contribution in [0.3, 0.4) is 0 Å². The van der Waals surface area contributed by atoms with Crippen LogP contribution in [0, 0.1) is 0 Å². The highest BCUT2D eigenvalue weighted by atomic mass is 16.6. The van der Waals surface area contributed by atoms with Gasteiger partial charge in [0.1, 0.15) is 23.2 Å². The summed E-state index contributed by atoms with van der Waals surface area (Å²) in [7, 11) is 1.34. The Morgan fingerprint density at radius 3 is 2.52 bits per heavy atom. The number of aliphatic hydroxyl groups is 1. The van der Waals surface area contributed by atoms with Crippen molar-refractivity contribution in [1.82, 2.24) is 0 Å². The van der Waals surface area contributed by atoms with Crippen LogP contribution < -0.4 is 0 Å². The van der Waals surface area contributed by atoms with Gasteiger partial charge in [0.25, 0.3) is 0 Å². The van der Waals surface area contributed by atoms with E-state index in [0.717, 1.165) is 5.56 Å². The van der Waals surface area contributed by atoms with Crippen LogP contribution in [0.2, 0.25) is 0 Å². The van der Waals surface area contributed by atoms with Crippen molar-refractivity contribution in [3.63, 3.8) is 0 Å². The lowest BCUT2D eigenvalue weighted by Crippen LogP contribution is -2.41. The minimum Gasteiger partial charge on any atom is -0.507 e. The average molecular weight is 312 g/mol. The molecule has 5 nitrogen and oxygen atoms in total. The largest absolute Gasteiger partial charge is 0.507 e. The molecule has 0 bridgehead atoms. The molecule has 5 heteroatoms. The van der Waals surface area contributed by atoms with Crippen LogP contribution in [-0.2, 0) is 19.1 Å². The summed E-state index contributed by atoms with van der Waals surface area (Å²) in [6, 6.07) is 9.34. The Bertz CT molecular complexity index is 757. The van der Waals surface area contributed by atoms with E-state index >= 15 is 0 Å². The Morgan fingerprint density at radius 2 is 1.96 bits per heavy atom. The maximum Gasteiger partial charge on any atom is 0.219 e. The van der Waals surface area contributed by atoms with E-state index in [1.807, 2.05) is 30.3 Å². The van der Waals surface area contributed by atoms with Gasteiger partial charge in [-0.3, -0.25) is 9.59 Å². The Balaban J connectivity index is 2.01. The molecule has 1 aliphatic heterocycles. The fourth-order valence-corrected chi connectivity index (χ4v) is 2.68. The highest BCUT2D eigenvalue weighted by Gasteiger charge is 2.67. The molecular weight excluding hydrogens is 296 g/mol. The second-order valence-electron chi connectivity index (χ2n) is 5.41. The first-order valence-corrected chi connectivity index (χ1v) is 7.20. The molecule has 1 saturated heterocycles. The molecule has 2 aliphatic rings. The molecular formula is C18H16O5. The number of Topliss-reactive ketones (excluding diaryl/α,β-unsaturated/α-hetero) is 1. The van der Waals surface area contributed by atoms with Gasteiger partial charge < -0.3 is 14.6 Å². The zero-order chi connectivity index (χ0) is 16.6. The molecule has 1 N–H and O–H groups in total. The van der Waals surface area contributed by atoms with Crippen molar-refractivity contribution in [2.45, 2.75) is 18.6 Å². The third kappa shape index (κ3) is 2.39.